The molecule has 1 heterocycles. The first-order chi connectivity index (χ1) is 15.0. The zero-order chi connectivity index (χ0) is 23.5. The molecule has 0 unspecified atom stereocenters. The Balaban J connectivity index is 1.62. The van der Waals surface area contributed by atoms with Crippen molar-refractivity contribution in [1.82, 2.24) is 10.9 Å². The van der Waals surface area contributed by atoms with Crippen LogP contribution < -0.4 is 16.2 Å². The van der Waals surface area contributed by atoms with Crippen LogP contribution in [0, 0.1) is 12.7 Å². The summed E-state index contributed by atoms with van der Waals surface area (Å²) in [7, 11) is -3.39. The molecule has 3 amide bonds. The second-order valence-corrected chi connectivity index (χ2v) is 9.86. The van der Waals surface area contributed by atoms with Gasteiger partial charge in [-0.1, -0.05) is 6.07 Å². The first kappa shape index (κ1) is 23.1. The van der Waals surface area contributed by atoms with Crippen molar-refractivity contribution in [2.75, 3.05) is 11.6 Å². The second kappa shape index (κ2) is 9.28. The van der Waals surface area contributed by atoms with Gasteiger partial charge in [-0.05, 0) is 61.0 Å². The van der Waals surface area contributed by atoms with Gasteiger partial charge in [-0.15, -0.1) is 11.3 Å². The minimum absolute atomic E-state index is 0.0695. The van der Waals surface area contributed by atoms with Crippen LogP contribution in [0.3, 0.4) is 0 Å². The molecule has 0 saturated heterocycles. The van der Waals surface area contributed by atoms with Gasteiger partial charge in [-0.2, -0.15) is 0 Å². The molecule has 0 saturated carbocycles. The molecule has 1 aromatic heterocycles. The van der Waals surface area contributed by atoms with Crippen LogP contribution >= 0.6 is 11.3 Å². The van der Waals surface area contributed by atoms with E-state index in [-0.39, 0.29) is 20.9 Å². The van der Waals surface area contributed by atoms with Crippen LogP contribution in [0.4, 0.5) is 9.39 Å². The third kappa shape index (κ3) is 5.56. The fourth-order valence-corrected chi connectivity index (χ4v) is 4.27. The molecule has 3 rings (SSSR count). The highest BCUT2D eigenvalue weighted by Crippen LogP contribution is 2.27. The topological polar surface area (TPSA) is 121 Å². The predicted octanol–water partition coefficient (Wildman–Crippen LogP) is 2.93. The average molecular weight is 476 g/mol. The summed E-state index contributed by atoms with van der Waals surface area (Å²) in [6, 6.07) is 12.0. The molecule has 0 atom stereocenters. The Morgan fingerprint density at radius 3 is 2.16 bits per heavy atom. The van der Waals surface area contributed by atoms with E-state index in [1.54, 1.807) is 13.0 Å². The number of rotatable bonds is 5. The van der Waals surface area contributed by atoms with E-state index in [0.717, 1.165) is 23.7 Å². The summed E-state index contributed by atoms with van der Waals surface area (Å²) in [6.45, 7) is 1.66. The van der Waals surface area contributed by atoms with Gasteiger partial charge in [0.25, 0.3) is 17.7 Å². The first-order valence-electron chi connectivity index (χ1n) is 9.13. The van der Waals surface area contributed by atoms with Crippen molar-refractivity contribution in [1.29, 1.82) is 0 Å². The third-order valence-corrected chi connectivity index (χ3v) is 6.56. The molecule has 8 nitrogen and oxygen atoms in total. The largest absolute Gasteiger partial charge is 0.314 e. The fourth-order valence-electron chi connectivity index (χ4n) is 2.68. The normalized spacial score (nSPS) is 11.0. The van der Waals surface area contributed by atoms with Crippen molar-refractivity contribution in [3.8, 4) is 0 Å². The first-order valence-corrected chi connectivity index (χ1v) is 11.8. The molecule has 32 heavy (non-hydrogen) atoms. The minimum Gasteiger partial charge on any atom is -0.314 e. The number of benzene rings is 2. The van der Waals surface area contributed by atoms with E-state index in [0.29, 0.717) is 10.6 Å². The van der Waals surface area contributed by atoms with Gasteiger partial charge >= 0.3 is 0 Å². The van der Waals surface area contributed by atoms with Crippen molar-refractivity contribution in [2.24, 2.45) is 0 Å². The lowest BCUT2D eigenvalue weighted by Gasteiger charge is -2.07. The molecular formula is C21H18FN3O5S2. The summed E-state index contributed by atoms with van der Waals surface area (Å²) < 4.78 is 36.3. The Hall–Kier alpha value is -3.57. The van der Waals surface area contributed by atoms with Crippen molar-refractivity contribution in [3.05, 3.63) is 82.0 Å². The molecule has 0 aliphatic heterocycles. The number of carbonyl (C=O) groups excluding carboxylic acids is 3. The molecule has 2 aromatic carbocycles. The predicted molar refractivity (Wildman–Crippen MR) is 118 cm³/mol. The quantitative estimate of drug-likeness (QED) is 0.490. The molecule has 0 bridgehead atoms. The highest BCUT2D eigenvalue weighted by atomic mass is 32.2. The number of halogens is 1. The number of sulfone groups is 1. The van der Waals surface area contributed by atoms with Gasteiger partial charge in [0.1, 0.15) is 5.82 Å². The van der Waals surface area contributed by atoms with E-state index < -0.39 is 33.4 Å². The summed E-state index contributed by atoms with van der Waals surface area (Å²) in [5.74, 6) is -2.29. The maximum Gasteiger partial charge on any atom is 0.280 e. The number of nitrogens with one attached hydrogen (secondary N) is 3. The standard InChI is InChI=1S/C21H18FN3O5S2/c1-12-10-17(23-19(26)14-4-3-5-15(22)11-14)31-18(12)21(28)25-24-20(27)13-6-8-16(9-7-13)32(2,29)30/h3-11H,1-2H3,(H,23,26)(H,24,27)(H,25,28). The van der Waals surface area contributed by atoms with Crippen LogP contribution in [0.25, 0.3) is 0 Å². The zero-order valence-electron chi connectivity index (χ0n) is 16.9. The molecule has 0 aliphatic carbocycles. The summed E-state index contributed by atoms with van der Waals surface area (Å²) in [4.78, 5) is 37.2. The number of anilines is 1. The van der Waals surface area contributed by atoms with E-state index in [9.17, 15) is 27.2 Å². The van der Waals surface area contributed by atoms with Crippen LogP contribution in [0.2, 0.25) is 0 Å². The fraction of sp³-hybridized carbons (Fsp3) is 0.0952. The van der Waals surface area contributed by atoms with Crippen LogP contribution in [-0.4, -0.2) is 32.4 Å². The Morgan fingerprint density at radius 2 is 1.53 bits per heavy atom. The Morgan fingerprint density at radius 1 is 0.875 bits per heavy atom. The Kier molecular flexibility index (Phi) is 6.70. The van der Waals surface area contributed by atoms with E-state index in [4.69, 9.17) is 0 Å². The third-order valence-electron chi connectivity index (χ3n) is 4.28. The number of carbonyl (C=O) groups is 3. The monoisotopic (exact) mass is 475 g/mol. The van der Waals surface area contributed by atoms with E-state index in [1.807, 2.05) is 0 Å². The van der Waals surface area contributed by atoms with Crippen molar-refractivity contribution >= 4 is 43.9 Å². The highest BCUT2D eigenvalue weighted by molar-refractivity contribution is 7.90. The van der Waals surface area contributed by atoms with Gasteiger partial charge < -0.3 is 5.32 Å². The number of hydrogen-bond acceptors (Lipinski definition) is 6. The lowest BCUT2D eigenvalue weighted by Crippen LogP contribution is -2.41. The number of amides is 3. The lowest BCUT2D eigenvalue weighted by atomic mass is 10.2. The summed E-state index contributed by atoms with van der Waals surface area (Å²) in [5, 5.41) is 2.99. The summed E-state index contributed by atoms with van der Waals surface area (Å²) in [6.07, 6.45) is 1.06. The zero-order valence-corrected chi connectivity index (χ0v) is 18.6. The smallest absolute Gasteiger partial charge is 0.280 e. The Bertz CT molecular complexity index is 1300. The molecule has 0 radical (unpaired) electrons. The van der Waals surface area contributed by atoms with E-state index >= 15 is 0 Å². The van der Waals surface area contributed by atoms with Crippen LogP contribution in [0.15, 0.2) is 59.5 Å². The molecule has 0 fully saturated rings. The maximum absolute atomic E-state index is 13.3. The maximum atomic E-state index is 13.3. The number of hydrogen-bond donors (Lipinski definition) is 3. The molecule has 0 spiro atoms. The van der Waals surface area contributed by atoms with E-state index in [1.165, 1.54) is 42.5 Å². The molecule has 3 aromatic rings. The van der Waals surface area contributed by atoms with Gasteiger partial charge in [0.05, 0.1) is 14.8 Å². The minimum atomic E-state index is -3.39. The van der Waals surface area contributed by atoms with Crippen molar-refractivity contribution in [2.45, 2.75) is 11.8 Å². The van der Waals surface area contributed by atoms with Crippen LogP contribution in [-0.2, 0) is 9.84 Å². The lowest BCUT2D eigenvalue weighted by molar-refractivity contribution is 0.0848. The average Bonchev–Trinajstić information content (AvgIpc) is 3.11. The summed E-state index contributed by atoms with van der Waals surface area (Å²) in [5.41, 5.74) is 5.39. The van der Waals surface area contributed by atoms with Gasteiger partial charge in [0.2, 0.25) is 0 Å². The SMILES string of the molecule is Cc1cc(NC(=O)c2cccc(F)c2)sc1C(=O)NNC(=O)c1ccc(S(C)(=O)=O)cc1. The van der Waals surface area contributed by atoms with Crippen molar-refractivity contribution in [3.63, 3.8) is 0 Å². The summed E-state index contributed by atoms with van der Waals surface area (Å²) >= 11 is 0.991. The molecule has 0 aliphatic rings. The van der Waals surface area contributed by atoms with Gasteiger partial charge in [-0.25, -0.2) is 12.8 Å². The Labute approximate surface area is 187 Å². The number of aryl methyl sites for hydroxylation is 1. The molecule has 3 N–H and O–H groups in total. The number of thiophene rings is 1. The molecule has 166 valence electrons. The van der Waals surface area contributed by atoms with Gasteiger partial charge in [0.15, 0.2) is 9.84 Å². The van der Waals surface area contributed by atoms with E-state index in [2.05, 4.69) is 16.2 Å². The van der Waals surface area contributed by atoms with Gasteiger partial charge in [0, 0.05) is 17.4 Å². The van der Waals surface area contributed by atoms with Gasteiger partial charge in [-0.3, -0.25) is 25.2 Å². The highest BCUT2D eigenvalue weighted by Gasteiger charge is 2.17. The van der Waals surface area contributed by atoms with Crippen LogP contribution in [0.5, 0.6) is 0 Å². The second-order valence-electron chi connectivity index (χ2n) is 6.79. The van der Waals surface area contributed by atoms with Crippen molar-refractivity contribution < 1.29 is 27.2 Å². The van der Waals surface area contributed by atoms with Crippen LogP contribution in [0.1, 0.15) is 36.0 Å². The number of hydrazine groups is 1. The molecular weight excluding hydrogens is 457 g/mol. The molecule has 11 heteroatoms.